The number of aromatic amines is 1. The summed E-state index contributed by atoms with van der Waals surface area (Å²) in [7, 11) is 0. The van der Waals surface area contributed by atoms with E-state index in [4.69, 9.17) is 9.84 Å². The molecule has 7 nitrogen and oxygen atoms in total. The van der Waals surface area contributed by atoms with Gasteiger partial charge in [-0.05, 0) is 26.0 Å². The van der Waals surface area contributed by atoms with Crippen LogP contribution in [0.15, 0.2) is 24.3 Å². The molecule has 124 valence electrons. The minimum atomic E-state index is -0.850. The molecule has 0 bridgehead atoms. The lowest BCUT2D eigenvalue weighted by Gasteiger charge is -2.13. The highest BCUT2D eigenvalue weighted by atomic mass is 16.5. The molecule has 0 radical (unpaired) electrons. The second-order valence-corrected chi connectivity index (χ2v) is 5.04. The Kier molecular flexibility index (Phi) is 5.72. The molecular weight excluding hydrogens is 298 g/mol. The number of hydrogen-bond acceptors (Lipinski definition) is 6. The molecule has 1 aromatic heterocycles. The van der Waals surface area contributed by atoms with E-state index in [0.717, 1.165) is 11.3 Å². The Hall–Kier alpha value is -2.38. The highest BCUT2D eigenvalue weighted by molar-refractivity contribution is 5.90. The third kappa shape index (κ3) is 4.08. The molecule has 23 heavy (non-hydrogen) atoms. The molecular formula is C16H21N3O4. The normalized spacial score (nSPS) is 12.0. The number of rotatable bonds is 7. The Morgan fingerprint density at radius 1 is 1.43 bits per heavy atom. The van der Waals surface area contributed by atoms with Crippen molar-refractivity contribution in [1.82, 2.24) is 9.97 Å². The van der Waals surface area contributed by atoms with Gasteiger partial charge in [-0.15, -0.1) is 0 Å². The minimum Gasteiger partial charge on any atom is -0.461 e. The molecule has 1 unspecified atom stereocenters. The van der Waals surface area contributed by atoms with Crippen molar-refractivity contribution < 1.29 is 19.7 Å². The van der Waals surface area contributed by atoms with Gasteiger partial charge in [-0.25, -0.2) is 9.78 Å². The van der Waals surface area contributed by atoms with E-state index in [-0.39, 0.29) is 25.5 Å². The summed E-state index contributed by atoms with van der Waals surface area (Å²) in [6.45, 7) is 3.68. The molecule has 1 heterocycles. The summed E-state index contributed by atoms with van der Waals surface area (Å²) >= 11 is 0. The molecule has 7 heteroatoms. The average molecular weight is 319 g/mol. The molecule has 0 saturated heterocycles. The van der Waals surface area contributed by atoms with Crippen LogP contribution in [0.3, 0.4) is 0 Å². The molecule has 0 aliphatic heterocycles. The zero-order valence-corrected chi connectivity index (χ0v) is 13.2. The van der Waals surface area contributed by atoms with Crippen molar-refractivity contribution in [3.05, 3.63) is 35.7 Å². The molecule has 0 fully saturated rings. The van der Waals surface area contributed by atoms with Crippen LogP contribution < -0.4 is 5.32 Å². The summed E-state index contributed by atoms with van der Waals surface area (Å²) in [5.74, 6) is 0.0702. The predicted molar refractivity (Wildman–Crippen MR) is 86.3 cm³/mol. The van der Waals surface area contributed by atoms with Gasteiger partial charge in [-0.3, -0.25) is 0 Å². The number of carbonyl (C=O) groups excluding carboxylic acids is 1. The van der Waals surface area contributed by atoms with E-state index in [2.05, 4.69) is 15.3 Å². The van der Waals surface area contributed by atoms with Crippen molar-refractivity contribution in [1.29, 1.82) is 0 Å². The van der Waals surface area contributed by atoms with Crippen molar-refractivity contribution >= 4 is 11.7 Å². The third-order valence-electron chi connectivity index (χ3n) is 3.27. The van der Waals surface area contributed by atoms with Gasteiger partial charge < -0.3 is 25.3 Å². The smallest absolute Gasteiger partial charge is 0.358 e. The number of aryl methyl sites for hydroxylation is 1. The molecule has 2 aromatic rings. The molecule has 4 N–H and O–H groups in total. The van der Waals surface area contributed by atoms with E-state index in [1.165, 1.54) is 0 Å². The first-order valence-corrected chi connectivity index (χ1v) is 7.42. The van der Waals surface area contributed by atoms with Crippen LogP contribution in [0.5, 0.6) is 0 Å². The van der Waals surface area contributed by atoms with Crippen molar-refractivity contribution in [3.63, 3.8) is 0 Å². The van der Waals surface area contributed by atoms with Gasteiger partial charge in [0.15, 0.2) is 5.69 Å². The number of aromatic nitrogens is 2. The van der Waals surface area contributed by atoms with Crippen LogP contribution in [0.25, 0.3) is 11.4 Å². The van der Waals surface area contributed by atoms with Gasteiger partial charge >= 0.3 is 5.97 Å². The standard InChI is InChI=1S/C16H21N3O4/c1-3-23-16(22)14-10(2)18-15(19-14)12-6-4-5-7-13(12)17-8-11(21)9-20/h4-7,11,17,20-21H,3,8-9H2,1-2H3,(H,18,19). The number of nitrogens with zero attached hydrogens (tertiary/aromatic N) is 1. The number of benzene rings is 1. The van der Waals surface area contributed by atoms with E-state index < -0.39 is 12.1 Å². The van der Waals surface area contributed by atoms with Gasteiger partial charge in [0, 0.05) is 23.5 Å². The van der Waals surface area contributed by atoms with Gasteiger partial charge in [0.1, 0.15) is 5.82 Å². The van der Waals surface area contributed by atoms with Crippen molar-refractivity contribution in [3.8, 4) is 11.4 Å². The lowest BCUT2D eigenvalue weighted by atomic mass is 10.1. The molecule has 1 aromatic carbocycles. The number of aliphatic hydroxyl groups excluding tert-OH is 2. The number of anilines is 1. The van der Waals surface area contributed by atoms with Crippen LogP contribution in [0.4, 0.5) is 5.69 Å². The Bertz CT molecular complexity index is 669. The van der Waals surface area contributed by atoms with E-state index >= 15 is 0 Å². The number of imidazole rings is 1. The van der Waals surface area contributed by atoms with E-state index in [1.807, 2.05) is 24.3 Å². The molecule has 0 amide bonds. The quantitative estimate of drug-likeness (QED) is 0.574. The fourth-order valence-electron chi connectivity index (χ4n) is 2.12. The SMILES string of the molecule is CCOC(=O)c1nc(-c2ccccc2NCC(O)CO)[nH]c1C. The minimum absolute atomic E-state index is 0.206. The van der Waals surface area contributed by atoms with Crippen molar-refractivity contribution in [2.24, 2.45) is 0 Å². The summed E-state index contributed by atoms with van der Waals surface area (Å²) < 4.78 is 4.98. The summed E-state index contributed by atoms with van der Waals surface area (Å²) in [5, 5.41) is 21.4. The van der Waals surface area contributed by atoms with Gasteiger partial charge in [0.25, 0.3) is 0 Å². The Labute approximate surface area is 134 Å². The monoisotopic (exact) mass is 319 g/mol. The molecule has 1 atom stereocenters. The van der Waals surface area contributed by atoms with Crippen LogP contribution in [0.1, 0.15) is 23.1 Å². The van der Waals surface area contributed by atoms with Crippen molar-refractivity contribution in [2.75, 3.05) is 25.1 Å². The second kappa shape index (κ2) is 7.75. The zero-order valence-electron chi connectivity index (χ0n) is 13.2. The van der Waals surface area contributed by atoms with E-state index in [0.29, 0.717) is 11.5 Å². The number of H-pyrrole nitrogens is 1. The van der Waals surface area contributed by atoms with Gasteiger partial charge in [-0.2, -0.15) is 0 Å². The number of ether oxygens (including phenoxy) is 1. The molecule has 0 saturated carbocycles. The highest BCUT2D eigenvalue weighted by Gasteiger charge is 2.18. The molecule has 0 aliphatic rings. The van der Waals surface area contributed by atoms with Crippen molar-refractivity contribution in [2.45, 2.75) is 20.0 Å². The van der Waals surface area contributed by atoms with Crippen LogP contribution in [0, 0.1) is 6.92 Å². The van der Waals surface area contributed by atoms with E-state index in [1.54, 1.807) is 13.8 Å². The predicted octanol–water partition coefficient (Wildman–Crippen LogP) is 1.33. The number of nitrogens with one attached hydrogen (secondary N) is 2. The average Bonchev–Trinajstić information content (AvgIpc) is 2.95. The number of esters is 1. The Balaban J connectivity index is 2.28. The first-order valence-electron chi connectivity index (χ1n) is 7.42. The topological polar surface area (TPSA) is 107 Å². The second-order valence-electron chi connectivity index (χ2n) is 5.04. The van der Waals surface area contributed by atoms with Crippen LogP contribution >= 0.6 is 0 Å². The van der Waals surface area contributed by atoms with Gasteiger partial charge in [0.05, 0.1) is 19.3 Å². The molecule has 2 rings (SSSR count). The van der Waals surface area contributed by atoms with Gasteiger partial charge in [-0.1, -0.05) is 12.1 Å². The Morgan fingerprint density at radius 2 is 2.17 bits per heavy atom. The summed E-state index contributed by atoms with van der Waals surface area (Å²) in [6, 6.07) is 7.38. The summed E-state index contributed by atoms with van der Waals surface area (Å²) in [4.78, 5) is 19.3. The number of carbonyl (C=O) groups is 1. The zero-order chi connectivity index (χ0) is 16.8. The van der Waals surface area contributed by atoms with E-state index in [9.17, 15) is 9.90 Å². The largest absolute Gasteiger partial charge is 0.461 e. The van der Waals surface area contributed by atoms with Gasteiger partial charge in [0.2, 0.25) is 0 Å². The lowest BCUT2D eigenvalue weighted by molar-refractivity contribution is 0.0519. The van der Waals surface area contributed by atoms with Crippen LogP contribution in [-0.2, 0) is 4.74 Å². The maximum atomic E-state index is 11.9. The van der Waals surface area contributed by atoms with Crippen LogP contribution in [0.2, 0.25) is 0 Å². The maximum absolute atomic E-state index is 11.9. The Morgan fingerprint density at radius 3 is 2.87 bits per heavy atom. The first kappa shape index (κ1) is 17.0. The summed E-state index contributed by atoms with van der Waals surface area (Å²) in [5.41, 5.74) is 2.39. The van der Waals surface area contributed by atoms with Crippen LogP contribution in [-0.4, -0.2) is 52.0 Å². The lowest BCUT2D eigenvalue weighted by Crippen LogP contribution is -2.23. The highest BCUT2D eigenvalue weighted by Crippen LogP contribution is 2.26. The number of aliphatic hydroxyl groups is 2. The fraction of sp³-hybridized carbons (Fsp3) is 0.375. The number of para-hydroxylation sites is 1. The third-order valence-corrected chi connectivity index (χ3v) is 3.27. The fourth-order valence-corrected chi connectivity index (χ4v) is 2.12. The summed E-state index contributed by atoms with van der Waals surface area (Å²) in [6.07, 6.45) is -0.850. The maximum Gasteiger partial charge on any atom is 0.358 e. The molecule has 0 aliphatic carbocycles. The first-order chi connectivity index (χ1) is 11.1. The number of hydrogen-bond donors (Lipinski definition) is 4. The molecule has 0 spiro atoms.